The number of rotatable bonds is 8. The SMILES string of the molecule is C=C(C1CCN(C(=O)c2ccc(Nc3cccc(F)c3)c(C)c2)CC1)N(c1ccccc1C)C(C)c1ccccn1. The molecule has 0 radical (unpaired) electrons. The highest BCUT2D eigenvalue weighted by atomic mass is 19.1. The van der Waals surface area contributed by atoms with E-state index in [2.05, 4.69) is 66.0 Å². The van der Waals surface area contributed by atoms with Crippen LogP contribution in [0.2, 0.25) is 0 Å². The zero-order chi connectivity index (χ0) is 28.9. The Morgan fingerprint density at radius 3 is 2.41 bits per heavy atom. The average molecular weight is 549 g/mol. The number of benzene rings is 3. The van der Waals surface area contributed by atoms with Crippen molar-refractivity contribution in [2.75, 3.05) is 23.3 Å². The number of halogens is 1. The monoisotopic (exact) mass is 548 g/mol. The molecule has 2 heterocycles. The predicted octanol–water partition coefficient (Wildman–Crippen LogP) is 8.21. The molecule has 0 aliphatic carbocycles. The van der Waals surface area contributed by atoms with E-state index in [1.165, 1.54) is 17.7 Å². The molecule has 1 atom stereocenters. The number of allylic oxidation sites excluding steroid dienone is 1. The number of hydrogen-bond acceptors (Lipinski definition) is 4. The molecule has 6 heteroatoms. The predicted molar refractivity (Wildman–Crippen MR) is 165 cm³/mol. The zero-order valence-corrected chi connectivity index (χ0v) is 24.0. The fourth-order valence-electron chi connectivity index (χ4n) is 5.65. The van der Waals surface area contributed by atoms with Gasteiger partial charge in [-0.2, -0.15) is 0 Å². The van der Waals surface area contributed by atoms with Gasteiger partial charge in [-0.25, -0.2) is 4.39 Å². The van der Waals surface area contributed by atoms with Crippen molar-refractivity contribution in [3.8, 4) is 0 Å². The summed E-state index contributed by atoms with van der Waals surface area (Å²) < 4.78 is 13.6. The van der Waals surface area contributed by atoms with Crippen LogP contribution in [0.4, 0.5) is 21.5 Å². The molecule has 0 saturated carbocycles. The number of piperidine rings is 1. The number of para-hydroxylation sites is 1. The minimum atomic E-state index is -0.293. The first-order valence-corrected chi connectivity index (χ1v) is 14.2. The Kier molecular flexibility index (Phi) is 8.48. The molecule has 1 N–H and O–H groups in total. The summed E-state index contributed by atoms with van der Waals surface area (Å²) in [6, 6.07) is 26.4. The van der Waals surface area contributed by atoms with Gasteiger partial charge in [-0.3, -0.25) is 9.78 Å². The van der Waals surface area contributed by atoms with Crippen LogP contribution in [-0.2, 0) is 0 Å². The lowest BCUT2D eigenvalue weighted by molar-refractivity contribution is 0.0701. The number of nitrogens with one attached hydrogen (secondary N) is 1. The molecule has 1 aliphatic rings. The van der Waals surface area contributed by atoms with Gasteiger partial charge in [-0.05, 0) is 99.3 Å². The lowest BCUT2D eigenvalue weighted by Gasteiger charge is -2.40. The Hall–Kier alpha value is -4.45. The van der Waals surface area contributed by atoms with E-state index in [-0.39, 0.29) is 23.7 Å². The third-order valence-electron chi connectivity index (χ3n) is 8.02. The molecule has 4 aromatic rings. The van der Waals surface area contributed by atoms with E-state index in [4.69, 9.17) is 0 Å². The lowest BCUT2D eigenvalue weighted by atomic mass is 9.91. The Balaban J connectivity index is 1.27. The molecule has 1 amide bonds. The topological polar surface area (TPSA) is 48.5 Å². The Morgan fingerprint density at radius 2 is 1.73 bits per heavy atom. The van der Waals surface area contributed by atoms with Gasteiger partial charge in [0.2, 0.25) is 0 Å². The third kappa shape index (κ3) is 6.32. The van der Waals surface area contributed by atoms with Crippen LogP contribution in [-0.4, -0.2) is 28.9 Å². The van der Waals surface area contributed by atoms with E-state index in [0.717, 1.165) is 41.2 Å². The van der Waals surface area contributed by atoms with Gasteiger partial charge in [0.15, 0.2) is 0 Å². The summed E-state index contributed by atoms with van der Waals surface area (Å²) in [4.78, 5) is 22.4. The Morgan fingerprint density at radius 1 is 0.976 bits per heavy atom. The molecule has 210 valence electrons. The molecule has 3 aromatic carbocycles. The standard InChI is InChI=1S/C35H37FN4O/c1-24-10-5-6-14-34(24)40(27(4)33-13-7-8-19-37-33)26(3)28-17-20-39(21-18-28)35(41)29-15-16-32(25(2)22-29)38-31-12-9-11-30(36)23-31/h5-16,19,22-23,27-28,38H,3,17-18,20-21H2,1-2,4H3. The van der Waals surface area contributed by atoms with Crippen LogP contribution in [0.25, 0.3) is 0 Å². The first-order chi connectivity index (χ1) is 19.8. The van der Waals surface area contributed by atoms with Crippen molar-refractivity contribution in [1.29, 1.82) is 0 Å². The summed E-state index contributed by atoms with van der Waals surface area (Å²) >= 11 is 0. The number of carbonyl (C=O) groups excluding carboxylic acids is 1. The fourth-order valence-corrected chi connectivity index (χ4v) is 5.65. The van der Waals surface area contributed by atoms with E-state index in [1.807, 2.05) is 54.4 Å². The van der Waals surface area contributed by atoms with Gasteiger partial charge >= 0.3 is 0 Å². The van der Waals surface area contributed by atoms with E-state index in [9.17, 15) is 9.18 Å². The summed E-state index contributed by atoms with van der Waals surface area (Å²) in [5.41, 5.74) is 7.50. The van der Waals surface area contributed by atoms with Crippen LogP contribution in [0.5, 0.6) is 0 Å². The largest absolute Gasteiger partial charge is 0.355 e. The summed E-state index contributed by atoms with van der Waals surface area (Å²) in [7, 11) is 0. The maximum atomic E-state index is 13.6. The molecule has 5 rings (SSSR count). The van der Waals surface area contributed by atoms with Crippen molar-refractivity contribution in [2.45, 2.75) is 39.7 Å². The van der Waals surface area contributed by atoms with Crippen molar-refractivity contribution in [3.05, 3.63) is 132 Å². The lowest BCUT2D eigenvalue weighted by Crippen LogP contribution is -2.41. The molecule has 0 bridgehead atoms. The number of pyridine rings is 1. The number of anilines is 3. The van der Waals surface area contributed by atoms with E-state index in [1.54, 1.807) is 6.07 Å². The van der Waals surface area contributed by atoms with Gasteiger partial charge in [-0.1, -0.05) is 36.9 Å². The average Bonchev–Trinajstić information content (AvgIpc) is 2.99. The number of aryl methyl sites for hydroxylation is 2. The van der Waals surface area contributed by atoms with Crippen molar-refractivity contribution >= 4 is 23.0 Å². The molecular formula is C35H37FN4O. The van der Waals surface area contributed by atoms with Crippen LogP contribution in [0, 0.1) is 25.6 Å². The van der Waals surface area contributed by atoms with Crippen LogP contribution in [0.3, 0.4) is 0 Å². The maximum absolute atomic E-state index is 13.6. The molecule has 1 aliphatic heterocycles. The highest BCUT2D eigenvalue weighted by Crippen LogP contribution is 2.37. The Labute approximate surface area is 242 Å². The third-order valence-corrected chi connectivity index (χ3v) is 8.02. The highest BCUT2D eigenvalue weighted by molar-refractivity contribution is 5.95. The van der Waals surface area contributed by atoms with Gasteiger partial charge in [0, 0.05) is 53.5 Å². The summed E-state index contributed by atoms with van der Waals surface area (Å²) in [6.07, 6.45) is 3.53. The van der Waals surface area contributed by atoms with Gasteiger partial charge in [0.25, 0.3) is 5.91 Å². The van der Waals surface area contributed by atoms with Gasteiger partial charge in [-0.15, -0.1) is 0 Å². The van der Waals surface area contributed by atoms with Crippen LogP contribution < -0.4 is 10.2 Å². The van der Waals surface area contributed by atoms with Gasteiger partial charge in [0.1, 0.15) is 5.82 Å². The number of carbonyl (C=O) groups is 1. The van der Waals surface area contributed by atoms with E-state index < -0.39 is 0 Å². The number of hydrogen-bond donors (Lipinski definition) is 1. The second-order valence-electron chi connectivity index (χ2n) is 10.8. The second-order valence-corrected chi connectivity index (χ2v) is 10.8. The second kappa shape index (κ2) is 12.4. The first-order valence-electron chi connectivity index (χ1n) is 14.2. The molecule has 1 saturated heterocycles. The summed E-state index contributed by atoms with van der Waals surface area (Å²) in [5, 5.41) is 3.24. The van der Waals surface area contributed by atoms with Crippen molar-refractivity contribution < 1.29 is 9.18 Å². The van der Waals surface area contributed by atoms with Crippen LogP contribution >= 0.6 is 0 Å². The fraction of sp³-hybridized carbons (Fsp3) is 0.257. The molecule has 0 spiro atoms. The van der Waals surface area contributed by atoms with Gasteiger partial charge < -0.3 is 15.1 Å². The van der Waals surface area contributed by atoms with Crippen molar-refractivity contribution in [3.63, 3.8) is 0 Å². The minimum Gasteiger partial charge on any atom is -0.355 e. The number of nitrogens with zero attached hydrogens (tertiary/aromatic N) is 3. The zero-order valence-electron chi connectivity index (χ0n) is 24.0. The van der Waals surface area contributed by atoms with Crippen molar-refractivity contribution in [1.82, 2.24) is 9.88 Å². The van der Waals surface area contributed by atoms with Gasteiger partial charge in [0.05, 0.1) is 11.7 Å². The number of amides is 1. The molecule has 1 aromatic heterocycles. The smallest absolute Gasteiger partial charge is 0.253 e. The van der Waals surface area contributed by atoms with Crippen LogP contribution in [0.1, 0.15) is 53.0 Å². The number of aromatic nitrogens is 1. The summed E-state index contributed by atoms with van der Waals surface area (Å²) in [5.74, 6) is -0.00442. The maximum Gasteiger partial charge on any atom is 0.253 e. The normalized spacial score (nSPS) is 14.4. The number of likely N-dealkylation sites (tertiary alicyclic amines) is 1. The molecule has 1 fully saturated rings. The Bertz CT molecular complexity index is 1530. The molecule has 1 unspecified atom stereocenters. The minimum absolute atomic E-state index is 0.0203. The molecule has 41 heavy (non-hydrogen) atoms. The quantitative estimate of drug-likeness (QED) is 0.241. The van der Waals surface area contributed by atoms with E-state index >= 15 is 0 Å². The molecule has 5 nitrogen and oxygen atoms in total. The molecular weight excluding hydrogens is 511 g/mol. The highest BCUT2D eigenvalue weighted by Gasteiger charge is 2.31. The van der Waals surface area contributed by atoms with Crippen molar-refractivity contribution in [2.24, 2.45) is 5.92 Å². The van der Waals surface area contributed by atoms with E-state index in [0.29, 0.717) is 24.3 Å². The first kappa shape index (κ1) is 28.1. The van der Waals surface area contributed by atoms with Crippen LogP contribution in [0.15, 0.2) is 103 Å². The summed E-state index contributed by atoms with van der Waals surface area (Å²) in [6.45, 7) is 12.2.